The van der Waals surface area contributed by atoms with Crippen LogP contribution < -0.4 is 15.0 Å². The highest BCUT2D eigenvalue weighted by atomic mass is 35.5. The van der Waals surface area contributed by atoms with Gasteiger partial charge in [-0.25, -0.2) is 4.98 Å². The van der Waals surface area contributed by atoms with Crippen molar-refractivity contribution in [2.24, 2.45) is 5.10 Å². The molecule has 1 heterocycles. The minimum absolute atomic E-state index is 0.123. The second-order valence-electron chi connectivity index (χ2n) is 10.5. The molecule has 7 nitrogen and oxygen atoms in total. The summed E-state index contributed by atoms with van der Waals surface area (Å²) < 4.78 is 13.1. The van der Waals surface area contributed by atoms with E-state index in [1.54, 1.807) is 36.4 Å². The number of rotatable bonds is 9. The van der Waals surface area contributed by atoms with E-state index in [9.17, 15) is 10.1 Å². The smallest absolute Gasteiger partial charge is 0.282 e. The number of aromatic nitrogens is 2. The molecule has 0 aliphatic heterocycles. The lowest BCUT2D eigenvalue weighted by Gasteiger charge is -2.18. The second-order valence-corrected chi connectivity index (χ2v) is 11.3. The van der Waals surface area contributed by atoms with Crippen molar-refractivity contribution in [2.75, 3.05) is 6.61 Å². The summed E-state index contributed by atoms with van der Waals surface area (Å²) in [5.41, 5.74) is 4.73. The predicted octanol–water partition coefficient (Wildman–Crippen LogP) is 8.53. The van der Waals surface area contributed by atoms with Crippen LogP contribution in [-0.2, 0) is 6.61 Å². The first-order valence-corrected chi connectivity index (χ1v) is 14.9. The molecule has 0 spiro atoms. The number of aryl methyl sites for hydroxylation is 1. The predicted molar refractivity (Wildman–Crippen MR) is 176 cm³/mol. The Morgan fingerprint density at radius 1 is 1.02 bits per heavy atom. The van der Waals surface area contributed by atoms with Crippen LogP contribution in [0.4, 0.5) is 0 Å². The van der Waals surface area contributed by atoms with E-state index < -0.39 is 0 Å². The summed E-state index contributed by atoms with van der Waals surface area (Å²) in [5, 5.41) is 14.9. The zero-order valence-electron chi connectivity index (χ0n) is 24.8. The lowest BCUT2D eigenvalue weighted by atomic mass is 9.96. The average Bonchev–Trinajstić information content (AvgIpc) is 3.00. The Hall–Kier alpha value is -4.64. The first-order valence-electron chi connectivity index (χ1n) is 14.2. The lowest BCUT2D eigenvalue weighted by Crippen LogP contribution is -2.21. The van der Waals surface area contributed by atoms with Crippen molar-refractivity contribution >= 4 is 40.3 Å². The minimum Gasteiger partial charge on any atom is -0.494 e. The van der Waals surface area contributed by atoms with Gasteiger partial charge in [-0.2, -0.15) is 15.0 Å². The van der Waals surface area contributed by atoms with Crippen LogP contribution in [0.3, 0.4) is 0 Å². The monoisotopic (exact) mass is 624 g/mol. The molecule has 0 N–H and O–H groups in total. The van der Waals surface area contributed by atoms with Gasteiger partial charge in [0, 0.05) is 11.1 Å². The summed E-state index contributed by atoms with van der Waals surface area (Å²) in [5.74, 6) is 1.68. The van der Waals surface area contributed by atoms with Crippen molar-refractivity contribution in [3.8, 4) is 29.0 Å². The van der Waals surface area contributed by atoms with E-state index in [-0.39, 0.29) is 33.9 Å². The average molecular weight is 626 g/mol. The van der Waals surface area contributed by atoms with E-state index in [2.05, 4.69) is 25.0 Å². The van der Waals surface area contributed by atoms with Crippen LogP contribution in [0.1, 0.15) is 54.5 Å². The molecule has 4 aromatic carbocycles. The summed E-state index contributed by atoms with van der Waals surface area (Å²) in [7, 11) is 0. The van der Waals surface area contributed by atoms with Crippen molar-refractivity contribution in [1.82, 2.24) is 9.66 Å². The van der Waals surface area contributed by atoms with Gasteiger partial charge in [0.25, 0.3) is 5.56 Å². The molecule has 0 saturated heterocycles. The number of hydrogen-bond donors (Lipinski definition) is 0. The molecule has 0 fully saturated rings. The highest BCUT2D eigenvalue weighted by Crippen LogP contribution is 2.36. The van der Waals surface area contributed by atoms with Gasteiger partial charge in [-0.1, -0.05) is 67.4 Å². The van der Waals surface area contributed by atoms with Crippen LogP contribution in [0.25, 0.3) is 22.3 Å². The molecule has 5 aromatic rings. The van der Waals surface area contributed by atoms with E-state index in [1.807, 2.05) is 50.2 Å². The van der Waals surface area contributed by atoms with Gasteiger partial charge in [-0.05, 0) is 78.9 Å². The van der Waals surface area contributed by atoms with Gasteiger partial charge in [0.1, 0.15) is 12.4 Å². The first-order chi connectivity index (χ1) is 21.2. The third kappa shape index (κ3) is 6.33. The summed E-state index contributed by atoms with van der Waals surface area (Å²) in [6.07, 6.45) is 1.52. The van der Waals surface area contributed by atoms with E-state index in [4.69, 9.17) is 37.7 Å². The molecule has 0 atom stereocenters. The van der Waals surface area contributed by atoms with Gasteiger partial charge in [-0.3, -0.25) is 4.79 Å². The number of benzene rings is 4. The molecule has 1 aromatic heterocycles. The van der Waals surface area contributed by atoms with E-state index in [0.717, 1.165) is 22.4 Å². The zero-order valence-corrected chi connectivity index (χ0v) is 26.3. The lowest BCUT2D eigenvalue weighted by molar-refractivity contribution is 0.306. The number of para-hydroxylation sites is 1. The molecule has 44 heavy (non-hydrogen) atoms. The molecule has 0 saturated carbocycles. The van der Waals surface area contributed by atoms with Crippen LogP contribution in [0.5, 0.6) is 11.5 Å². The molecular formula is C35H30Cl2N4O3. The Morgan fingerprint density at radius 3 is 2.43 bits per heavy atom. The van der Waals surface area contributed by atoms with Crippen molar-refractivity contribution in [3.63, 3.8) is 0 Å². The fourth-order valence-corrected chi connectivity index (χ4v) is 5.51. The Morgan fingerprint density at radius 2 is 1.73 bits per heavy atom. The molecular weight excluding hydrogens is 595 g/mol. The standard InChI is InChI=1S/C35H30Cl2N4O3/c1-5-43-32-14-22(4)28(17-27(32)21(2)3)34-40-31-13-9-8-12-26(31)35(42)41(34)39-19-23-15-29(36)33(30(37)16-23)44-20-25-11-7-6-10-24(25)18-38/h6-17,19,21H,5,20H2,1-4H3. The molecule has 0 amide bonds. The molecule has 0 aliphatic rings. The fraction of sp³-hybridized carbons (Fsp3) is 0.200. The topological polar surface area (TPSA) is 89.5 Å². The Balaban J connectivity index is 1.57. The summed E-state index contributed by atoms with van der Waals surface area (Å²) >= 11 is 13.1. The maximum absolute atomic E-state index is 13.8. The molecule has 0 aliphatic carbocycles. The van der Waals surface area contributed by atoms with E-state index in [1.165, 1.54) is 10.9 Å². The number of fused-ring (bicyclic) bond motifs is 1. The van der Waals surface area contributed by atoms with Gasteiger partial charge in [-0.15, -0.1) is 0 Å². The van der Waals surface area contributed by atoms with Gasteiger partial charge >= 0.3 is 0 Å². The minimum atomic E-state index is -0.311. The number of nitriles is 1. The Labute approximate surface area is 265 Å². The van der Waals surface area contributed by atoms with Crippen LogP contribution in [0.2, 0.25) is 10.0 Å². The molecule has 0 bridgehead atoms. The maximum Gasteiger partial charge on any atom is 0.282 e. The first kappa shape index (κ1) is 30.8. The Bertz CT molecular complexity index is 1970. The maximum atomic E-state index is 13.8. The summed E-state index contributed by atoms with van der Waals surface area (Å²) in [6, 6.07) is 23.8. The van der Waals surface area contributed by atoms with E-state index in [0.29, 0.717) is 40.0 Å². The highest BCUT2D eigenvalue weighted by molar-refractivity contribution is 6.37. The van der Waals surface area contributed by atoms with Gasteiger partial charge in [0.05, 0.1) is 45.4 Å². The normalized spacial score (nSPS) is 11.3. The molecule has 0 unspecified atom stereocenters. The van der Waals surface area contributed by atoms with Gasteiger partial charge < -0.3 is 9.47 Å². The van der Waals surface area contributed by atoms with Crippen LogP contribution in [-0.4, -0.2) is 22.5 Å². The number of ether oxygens (including phenoxy) is 2. The summed E-state index contributed by atoms with van der Waals surface area (Å²) in [4.78, 5) is 18.7. The largest absolute Gasteiger partial charge is 0.494 e. The SMILES string of the molecule is CCOc1cc(C)c(-c2nc3ccccc3c(=O)n2N=Cc2cc(Cl)c(OCc3ccccc3C#N)c(Cl)c2)cc1C(C)C. The Kier molecular flexibility index (Phi) is 9.34. The van der Waals surface area contributed by atoms with Gasteiger partial charge in [0.2, 0.25) is 0 Å². The number of hydrogen-bond acceptors (Lipinski definition) is 6. The van der Waals surface area contributed by atoms with Crippen LogP contribution in [0.15, 0.2) is 82.7 Å². The molecule has 0 radical (unpaired) electrons. The van der Waals surface area contributed by atoms with Crippen LogP contribution in [0, 0.1) is 18.3 Å². The van der Waals surface area contributed by atoms with Crippen molar-refractivity contribution in [1.29, 1.82) is 5.26 Å². The molecule has 5 rings (SSSR count). The van der Waals surface area contributed by atoms with Crippen molar-refractivity contribution in [2.45, 2.75) is 40.2 Å². The second kappa shape index (κ2) is 13.3. The summed E-state index contributed by atoms with van der Waals surface area (Å²) in [6.45, 7) is 8.78. The number of halogens is 2. The van der Waals surface area contributed by atoms with Gasteiger partial charge in [0.15, 0.2) is 11.6 Å². The zero-order chi connectivity index (χ0) is 31.4. The fourth-order valence-electron chi connectivity index (χ4n) is 4.90. The third-order valence-electron chi connectivity index (χ3n) is 7.13. The van der Waals surface area contributed by atoms with Crippen molar-refractivity contribution < 1.29 is 9.47 Å². The number of nitrogens with zero attached hydrogens (tertiary/aromatic N) is 4. The van der Waals surface area contributed by atoms with Crippen LogP contribution >= 0.6 is 23.2 Å². The molecule has 222 valence electrons. The van der Waals surface area contributed by atoms with E-state index >= 15 is 0 Å². The quantitative estimate of drug-likeness (QED) is 0.153. The highest BCUT2D eigenvalue weighted by Gasteiger charge is 2.19. The third-order valence-corrected chi connectivity index (χ3v) is 7.69. The molecule has 9 heteroatoms. The van der Waals surface area contributed by atoms with Crippen molar-refractivity contribution in [3.05, 3.63) is 121 Å².